The molecule has 0 saturated carbocycles. The van der Waals surface area contributed by atoms with E-state index in [1.807, 2.05) is 0 Å². The highest BCUT2D eigenvalue weighted by Gasteiger charge is 2.19. The standard InChI is InChI=1S/C47H92N2O5/c1-3-5-7-9-11-13-14-15-16-17-18-19-20-21-22-23-24-26-31-35-41-46(51)54-43(37-32-28-25-12-10-8-6-4-2)38-33-29-27-30-34-40-45(50)49-44(47(52)53)39-36-42-48/h43-44H,3-42,48H2,1-2H3,(H,49,50)(H,52,53). The van der Waals surface area contributed by atoms with Crippen molar-refractivity contribution in [3.05, 3.63) is 0 Å². The first kappa shape index (κ1) is 52.4. The van der Waals surface area contributed by atoms with Crippen LogP contribution in [0.25, 0.3) is 0 Å². The van der Waals surface area contributed by atoms with Gasteiger partial charge in [0.15, 0.2) is 0 Å². The predicted octanol–water partition coefficient (Wildman–Crippen LogP) is 13.7. The molecule has 0 fully saturated rings. The number of carboxylic acid groups (broad SMARTS) is 1. The third-order valence-corrected chi connectivity index (χ3v) is 11.2. The number of esters is 1. The van der Waals surface area contributed by atoms with Gasteiger partial charge in [-0.3, -0.25) is 9.59 Å². The second-order valence-corrected chi connectivity index (χ2v) is 16.5. The summed E-state index contributed by atoms with van der Waals surface area (Å²) >= 11 is 0. The molecule has 0 heterocycles. The highest BCUT2D eigenvalue weighted by atomic mass is 16.5. The topological polar surface area (TPSA) is 119 Å². The summed E-state index contributed by atoms with van der Waals surface area (Å²) in [5, 5.41) is 11.9. The maximum absolute atomic E-state index is 12.8. The number of nitrogens with one attached hydrogen (secondary N) is 1. The molecule has 0 aromatic heterocycles. The van der Waals surface area contributed by atoms with E-state index in [0.29, 0.717) is 32.2 Å². The van der Waals surface area contributed by atoms with E-state index in [2.05, 4.69) is 19.2 Å². The van der Waals surface area contributed by atoms with Gasteiger partial charge in [0.05, 0.1) is 0 Å². The Morgan fingerprint density at radius 1 is 0.463 bits per heavy atom. The summed E-state index contributed by atoms with van der Waals surface area (Å²) < 4.78 is 6.05. The number of hydrogen-bond acceptors (Lipinski definition) is 5. The number of carboxylic acids is 1. The Hall–Kier alpha value is -1.63. The second kappa shape index (κ2) is 42.5. The molecule has 7 nitrogen and oxygen atoms in total. The Labute approximate surface area is 335 Å². The zero-order valence-electron chi connectivity index (χ0n) is 36.1. The van der Waals surface area contributed by atoms with Crippen molar-refractivity contribution in [3.8, 4) is 0 Å². The number of carbonyl (C=O) groups excluding carboxylic acids is 2. The average Bonchev–Trinajstić information content (AvgIpc) is 3.16. The molecule has 0 radical (unpaired) electrons. The summed E-state index contributed by atoms with van der Waals surface area (Å²) in [5.74, 6) is -1.21. The lowest BCUT2D eigenvalue weighted by atomic mass is 10.0. The first-order valence-corrected chi connectivity index (χ1v) is 23.9. The number of nitrogens with two attached hydrogens (primary N) is 1. The van der Waals surface area contributed by atoms with Gasteiger partial charge in [-0.2, -0.15) is 0 Å². The molecule has 0 spiro atoms. The van der Waals surface area contributed by atoms with Crippen LogP contribution in [-0.4, -0.2) is 41.6 Å². The molecule has 0 aliphatic rings. The molecule has 2 unspecified atom stereocenters. The average molecular weight is 765 g/mol. The van der Waals surface area contributed by atoms with Crippen molar-refractivity contribution in [3.63, 3.8) is 0 Å². The van der Waals surface area contributed by atoms with Crippen LogP contribution in [-0.2, 0) is 19.1 Å². The highest BCUT2D eigenvalue weighted by Crippen LogP contribution is 2.19. The van der Waals surface area contributed by atoms with Crippen LogP contribution < -0.4 is 11.1 Å². The summed E-state index contributed by atoms with van der Waals surface area (Å²) in [5.41, 5.74) is 5.49. The Bertz CT molecular complexity index is 822. The third-order valence-electron chi connectivity index (χ3n) is 11.2. The minimum atomic E-state index is -1.00. The van der Waals surface area contributed by atoms with E-state index in [0.717, 1.165) is 64.2 Å². The van der Waals surface area contributed by atoms with E-state index in [1.54, 1.807) is 0 Å². The molecule has 2 atom stereocenters. The van der Waals surface area contributed by atoms with Crippen LogP contribution in [0, 0.1) is 0 Å². The van der Waals surface area contributed by atoms with E-state index in [9.17, 15) is 19.5 Å². The van der Waals surface area contributed by atoms with Crippen LogP contribution in [0.1, 0.15) is 264 Å². The Kier molecular flexibility index (Phi) is 41.2. The van der Waals surface area contributed by atoms with Crippen molar-refractivity contribution in [1.29, 1.82) is 0 Å². The normalized spacial score (nSPS) is 12.5. The van der Waals surface area contributed by atoms with Crippen molar-refractivity contribution in [2.24, 2.45) is 5.73 Å². The van der Waals surface area contributed by atoms with Crippen molar-refractivity contribution in [2.75, 3.05) is 6.54 Å². The van der Waals surface area contributed by atoms with Gasteiger partial charge in [-0.15, -0.1) is 0 Å². The molecule has 0 aromatic carbocycles. The van der Waals surface area contributed by atoms with Gasteiger partial charge in [-0.05, 0) is 57.9 Å². The van der Waals surface area contributed by atoms with Crippen LogP contribution in [0.5, 0.6) is 0 Å². The first-order chi connectivity index (χ1) is 26.4. The fourth-order valence-corrected chi connectivity index (χ4v) is 7.57. The van der Waals surface area contributed by atoms with Crippen LogP contribution in [0.15, 0.2) is 0 Å². The van der Waals surface area contributed by atoms with Gasteiger partial charge in [-0.25, -0.2) is 4.79 Å². The summed E-state index contributed by atoms with van der Waals surface area (Å²) in [6.45, 7) is 4.96. The first-order valence-electron chi connectivity index (χ1n) is 23.9. The second-order valence-electron chi connectivity index (χ2n) is 16.5. The molecule has 0 bridgehead atoms. The highest BCUT2D eigenvalue weighted by molar-refractivity contribution is 5.83. The fourth-order valence-electron chi connectivity index (χ4n) is 7.57. The van der Waals surface area contributed by atoms with Crippen LogP contribution in [0.4, 0.5) is 0 Å². The molecule has 320 valence electrons. The Morgan fingerprint density at radius 2 is 0.796 bits per heavy atom. The van der Waals surface area contributed by atoms with Gasteiger partial charge in [0, 0.05) is 12.8 Å². The number of ether oxygens (including phenoxy) is 1. The largest absolute Gasteiger partial charge is 0.480 e. The molecule has 4 N–H and O–H groups in total. The van der Waals surface area contributed by atoms with Gasteiger partial charge in [0.25, 0.3) is 0 Å². The monoisotopic (exact) mass is 765 g/mol. The molecular weight excluding hydrogens is 673 g/mol. The molecular formula is C47H92N2O5. The van der Waals surface area contributed by atoms with Gasteiger partial charge >= 0.3 is 11.9 Å². The van der Waals surface area contributed by atoms with E-state index >= 15 is 0 Å². The molecule has 1 amide bonds. The predicted molar refractivity (Wildman–Crippen MR) is 230 cm³/mol. The van der Waals surface area contributed by atoms with Crippen LogP contribution in [0.2, 0.25) is 0 Å². The Morgan fingerprint density at radius 3 is 1.15 bits per heavy atom. The third kappa shape index (κ3) is 38.6. The minimum Gasteiger partial charge on any atom is -0.480 e. The number of carbonyl (C=O) groups is 3. The zero-order valence-corrected chi connectivity index (χ0v) is 36.1. The quantitative estimate of drug-likeness (QED) is 0.0420. The molecule has 54 heavy (non-hydrogen) atoms. The minimum absolute atomic E-state index is 0.0147. The van der Waals surface area contributed by atoms with E-state index in [-0.39, 0.29) is 18.0 Å². The lowest BCUT2D eigenvalue weighted by Crippen LogP contribution is -2.40. The summed E-state index contributed by atoms with van der Waals surface area (Å²) in [6, 6.07) is -0.852. The summed E-state index contributed by atoms with van der Waals surface area (Å²) in [6.07, 6.45) is 45.9. The Balaban J connectivity index is 4.06. The number of rotatable bonds is 44. The van der Waals surface area contributed by atoms with Crippen molar-refractivity contribution in [1.82, 2.24) is 5.32 Å². The maximum atomic E-state index is 12.8. The van der Waals surface area contributed by atoms with Crippen molar-refractivity contribution in [2.45, 2.75) is 276 Å². The van der Waals surface area contributed by atoms with Crippen LogP contribution in [0.3, 0.4) is 0 Å². The molecule has 0 rings (SSSR count). The molecule has 0 aromatic rings. The molecule has 0 aliphatic carbocycles. The molecule has 0 saturated heterocycles. The van der Waals surface area contributed by atoms with Gasteiger partial charge in [0.1, 0.15) is 12.1 Å². The van der Waals surface area contributed by atoms with Crippen molar-refractivity contribution < 1.29 is 24.2 Å². The smallest absolute Gasteiger partial charge is 0.326 e. The SMILES string of the molecule is CCCCCCCCCCCCCCCCCCCCCCC(=O)OC(CCCCCCCCCC)CCCCCCCC(=O)NC(CCCN)C(=O)O. The molecule has 7 heteroatoms. The van der Waals surface area contributed by atoms with E-state index < -0.39 is 12.0 Å². The number of unbranched alkanes of at least 4 members (excludes halogenated alkanes) is 30. The zero-order chi connectivity index (χ0) is 39.6. The molecule has 0 aliphatic heterocycles. The van der Waals surface area contributed by atoms with Gasteiger partial charge in [-0.1, -0.05) is 200 Å². The number of hydrogen-bond donors (Lipinski definition) is 3. The van der Waals surface area contributed by atoms with Crippen molar-refractivity contribution >= 4 is 17.8 Å². The fraction of sp³-hybridized carbons (Fsp3) is 0.936. The van der Waals surface area contributed by atoms with Crippen LogP contribution >= 0.6 is 0 Å². The van der Waals surface area contributed by atoms with E-state index in [1.165, 1.54) is 161 Å². The summed E-state index contributed by atoms with van der Waals surface area (Å²) in [7, 11) is 0. The van der Waals surface area contributed by atoms with E-state index in [4.69, 9.17) is 10.5 Å². The lowest BCUT2D eigenvalue weighted by Gasteiger charge is -2.18. The number of aliphatic carboxylic acids is 1. The van der Waals surface area contributed by atoms with Gasteiger partial charge in [0.2, 0.25) is 5.91 Å². The lowest BCUT2D eigenvalue weighted by molar-refractivity contribution is -0.150. The van der Waals surface area contributed by atoms with Gasteiger partial charge < -0.3 is 20.9 Å². The summed E-state index contributed by atoms with van der Waals surface area (Å²) in [4.78, 5) is 36.4. The maximum Gasteiger partial charge on any atom is 0.326 e. The number of amides is 1.